The first-order valence-electron chi connectivity index (χ1n) is 5.43. The number of hydrogen-bond donors (Lipinski definition) is 1. The van der Waals surface area contributed by atoms with Crippen molar-refractivity contribution in [1.82, 2.24) is 0 Å². The van der Waals surface area contributed by atoms with Crippen molar-refractivity contribution >= 4 is 34.5 Å². The molecule has 2 aromatic carbocycles. The van der Waals surface area contributed by atoms with E-state index in [1.165, 1.54) is 12.1 Å². The molecule has 2 aromatic rings. The average Bonchev–Trinajstić information content (AvgIpc) is 2.40. The number of halogens is 1. The third-order valence-electron chi connectivity index (χ3n) is 2.45. The molecule has 0 amide bonds. The van der Waals surface area contributed by atoms with Crippen LogP contribution in [0.3, 0.4) is 0 Å². The number of benzene rings is 2. The minimum atomic E-state index is -0.199. The molecule has 0 unspecified atom stereocenters. The molecule has 0 heterocycles. The Kier molecular flexibility index (Phi) is 4.15. The highest BCUT2D eigenvalue weighted by molar-refractivity contribution is 14.1. The second-order valence-electron chi connectivity index (χ2n) is 3.77. The van der Waals surface area contributed by atoms with Crippen molar-refractivity contribution in [1.29, 1.82) is 0 Å². The molecular weight excluding hydrogens is 339 g/mol. The molecule has 0 aromatic heterocycles. The van der Waals surface area contributed by atoms with Crippen LogP contribution in [0.15, 0.2) is 54.6 Å². The maximum Gasteiger partial charge on any atom is 0.189 e. The van der Waals surface area contributed by atoms with Crippen LogP contribution in [0.5, 0.6) is 5.75 Å². The van der Waals surface area contributed by atoms with Gasteiger partial charge in [0, 0.05) is 3.57 Å². The SMILES string of the molecule is O=C(/C=C/c1ccccc1)c1cc(I)ccc1O. The second kappa shape index (κ2) is 5.82. The number of carbonyl (C=O) groups is 1. The molecule has 0 saturated carbocycles. The molecule has 3 heteroatoms. The number of aromatic hydroxyl groups is 1. The van der Waals surface area contributed by atoms with Crippen LogP contribution in [0.25, 0.3) is 6.08 Å². The fraction of sp³-hybridized carbons (Fsp3) is 0. The first-order valence-corrected chi connectivity index (χ1v) is 6.50. The fourth-order valence-electron chi connectivity index (χ4n) is 1.53. The highest BCUT2D eigenvalue weighted by Crippen LogP contribution is 2.20. The first-order chi connectivity index (χ1) is 8.66. The van der Waals surface area contributed by atoms with Gasteiger partial charge < -0.3 is 5.11 Å². The van der Waals surface area contributed by atoms with Crippen LogP contribution >= 0.6 is 22.6 Å². The predicted molar refractivity (Wildman–Crippen MR) is 80.6 cm³/mol. The monoisotopic (exact) mass is 350 g/mol. The number of hydrogen-bond acceptors (Lipinski definition) is 2. The van der Waals surface area contributed by atoms with Gasteiger partial charge in [-0.05, 0) is 52.4 Å². The van der Waals surface area contributed by atoms with E-state index in [1.807, 2.05) is 30.3 Å². The molecule has 1 N–H and O–H groups in total. The van der Waals surface area contributed by atoms with E-state index in [0.29, 0.717) is 5.56 Å². The molecule has 0 aliphatic carbocycles. The lowest BCUT2D eigenvalue weighted by Crippen LogP contribution is -1.95. The second-order valence-corrected chi connectivity index (χ2v) is 5.02. The number of allylic oxidation sites excluding steroid dienone is 1. The Morgan fingerprint density at radius 3 is 2.56 bits per heavy atom. The van der Waals surface area contributed by atoms with Crippen molar-refractivity contribution in [3.05, 3.63) is 69.3 Å². The minimum absolute atomic E-state index is 0.0122. The summed E-state index contributed by atoms with van der Waals surface area (Å²) in [5.41, 5.74) is 1.28. The molecule has 0 aliphatic rings. The Balaban J connectivity index is 2.22. The number of ketones is 1. The standard InChI is InChI=1S/C15H11IO2/c16-12-7-9-15(18)13(10-12)14(17)8-6-11-4-2-1-3-5-11/h1-10,18H/b8-6+. The first kappa shape index (κ1) is 12.8. The van der Waals surface area contributed by atoms with Crippen molar-refractivity contribution in [2.45, 2.75) is 0 Å². The van der Waals surface area contributed by atoms with Crippen molar-refractivity contribution in [3.63, 3.8) is 0 Å². The van der Waals surface area contributed by atoms with E-state index in [9.17, 15) is 9.90 Å². The summed E-state index contributed by atoms with van der Waals surface area (Å²) in [6.07, 6.45) is 3.21. The highest BCUT2D eigenvalue weighted by Gasteiger charge is 2.08. The quantitative estimate of drug-likeness (QED) is 0.518. The lowest BCUT2D eigenvalue weighted by molar-refractivity contribution is 0.104. The van der Waals surface area contributed by atoms with Crippen LogP contribution in [0.2, 0.25) is 0 Å². The molecule has 18 heavy (non-hydrogen) atoms. The molecule has 0 spiro atoms. The Hall–Kier alpha value is -1.62. The largest absolute Gasteiger partial charge is 0.507 e. The lowest BCUT2D eigenvalue weighted by Gasteiger charge is -2.01. The third-order valence-corrected chi connectivity index (χ3v) is 3.12. The van der Waals surface area contributed by atoms with Gasteiger partial charge in [-0.25, -0.2) is 0 Å². The maximum atomic E-state index is 11.9. The molecule has 2 nitrogen and oxygen atoms in total. The molecule has 0 bridgehead atoms. The minimum Gasteiger partial charge on any atom is -0.507 e. The summed E-state index contributed by atoms with van der Waals surface area (Å²) in [4.78, 5) is 11.9. The van der Waals surface area contributed by atoms with Gasteiger partial charge in [0.2, 0.25) is 0 Å². The van der Waals surface area contributed by atoms with Crippen LogP contribution in [-0.4, -0.2) is 10.9 Å². The highest BCUT2D eigenvalue weighted by atomic mass is 127. The normalized spacial score (nSPS) is 10.7. The summed E-state index contributed by atoms with van der Waals surface area (Å²) < 4.78 is 0.918. The number of rotatable bonds is 3. The summed E-state index contributed by atoms with van der Waals surface area (Å²) in [5.74, 6) is -0.187. The van der Waals surface area contributed by atoms with E-state index >= 15 is 0 Å². The Morgan fingerprint density at radius 2 is 1.83 bits per heavy atom. The van der Waals surface area contributed by atoms with Gasteiger partial charge >= 0.3 is 0 Å². The Morgan fingerprint density at radius 1 is 1.11 bits per heavy atom. The van der Waals surface area contributed by atoms with Crippen LogP contribution in [0.1, 0.15) is 15.9 Å². The van der Waals surface area contributed by atoms with Gasteiger partial charge in [0.05, 0.1) is 5.56 Å². The molecule has 90 valence electrons. The van der Waals surface area contributed by atoms with Crippen LogP contribution in [-0.2, 0) is 0 Å². The van der Waals surface area contributed by atoms with Gasteiger partial charge in [-0.1, -0.05) is 36.4 Å². The number of carbonyl (C=O) groups excluding carboxylic acids is 1. The number of phenolic OH excluding ortho intramolecular Hbond substituents is 1. The zero-order valence-electron chi connectivity index (χ0n) is 9.51. The summed E-state index contributed by atoms with van der Waals surface area (Å²) >= 11 is 2.11. The van der Waals surface area contributed by atoms with E-state index in [2.05, 4.69) is 22.6 Å². The van der Waals surface area contributed by atoms with E-state index in [4.69, 9.17) is 0 Å². The topological polar surface area (TPSA) is 37.3 Å². The van der Waals surface area contributed by atoms with Crippen molar-refractivity contribution in [2.24, 2.45) is 0 Å². The summed E-state index contributed by atoms with van der Waals surface area (Å²) in [7, 11) is 0. The molecule has 0 fully saturated rings. The Bertz CT molecular complexity index is 589. The van der Waals surface area contributed by atoms with Gasteiger partial charge in [0.1, 0.15) is 5.75 Å². The van der Waals surface area contributed by atoms with E-state index < -0.39 is 0 Å². The fourth-order valence-corrected chi connectivity index (χ4v) is 2.02. The van der Waals surface area contributed by atoms with Gasteiger partial charge in [-0.3, -0.25) is 4.79 Å². The molecule has 0 atom stereocenters. The van der Waals surface area contributed by atoms with Crippen LogP contribution < -0.4 is 0 Å². The Labute approximate surface area is 119 Å². The van der Waals surface area contributed by atoms with Crippen LogP contribution in [0, 0.1) is 3.57 Å². The smallest absolute Gasteiger partial charge is 0.189 e. The van der Waals surface area contributed by atoms with E-state index in [1.54, 1.807) is 18.2 Å². The summed E-state index contributed by atoms with van der Waals surface area (Å²) in [6.45, 7) is 0. The van der Waals surface area contributed by atoms with Crippen molar-refractivity contribution in [2.75, 3.05) is 0 Å². The molecule has 0 radical (unpaired) electrons. The number of phenols is 1. The zero-order valence-corrected chi connectivity index (χ0v) is 11.7. The third kappa shape index (κ3) is 3.20. The predicted octanol–water partition coefficient (Wildman–Crippen LogP) is 3.89. The molecule has 2 rings (SSSR count). The van der Waals surface area contributed by atoms with Crippen LogP contribution in [0.4, 0.5) is 0 Å². The van der Waals surface area contributed by atoms with Gasteiger partial charge in [0.15, 0.2) is 5.78 Å². The van der Waals surface area contributed by atoms with E-state index in [-0.39, 0.29) is 11.5 Å². The maximum absolute atomic E-state index is 11.9. The molecule has 0 saturated heterocycles. The average molecular weight is 350 g/mol. The molecule has 0 aliphatic heterocycles. The molecular formula is C15H11IO2. The summed E-state index contributed by atoms with van der Waals surface area (Å²) in [5, 5.41) is 9.64. The van der Waals surface area contributed by atoms with Crippen molar-refractivity contribution < 1.29 is 9.90 Å². The van der Waals surface area contributed by atoms with Gasteiger partial charge in [0.25, 0.3) is 0 Å². The zero-order chi connectivity index (χ0) is 13.0. The van der Waals surface area contributed by atoms with Gasteiger partial charge in [-0.15, -0.1) is 0 Å². The lowest BCUT2D eigenvalue weighted by atomic mass is 10.1. The summed E-state index contributed by atoms with van der Waals surface area (Å²) in [6, 6.07) is 14.5. The van der Waals surface area contributed by atoms with Gasteiger partial charge in [-0.2, -0.15) is 0 Å². The van der Waals surface area contributed by atoms with E-state index in [0.717, 1.165) is 9.13 Å². The van der Waals surface area contributed by atoms with Crippen molar-refractivity contribution in [3.8, 4) is 5.75 Å².